The van der Waals surface area contributed by atoms with Gasteiger partial charge in [-0.25, -0.2) is 0 Å². The van der Waals surface area contributed by atoms with Gasteiger partial charge in [-0.05, 0) is 45.6 Å². The highest BCUT2D eigenvalue weighted by molar-refractivity contribution is 5.76. The quantitative estimate of drug-likeness (QED) is 0.839. The van der Waals surface area contributed by atoms with Gasteiger partial charge in [-0.15, -0.1) is 0 Å². The summed E-state index contributed by atoms with van der Waals surface area (Å²) in [4.78, 5) is 11.9. The average molecular weight is 251 g/mol. The molecule has 0 spiro atoms. The van der Waals surface area contributed by atoms with Crippen LogP contribution in [0.5, 0.6) is 0 Å². The molecule has 1 aliphatic carbocycles. The molecular formula is C13H21N3O2. The third-order valence-electron chi connectivity index (χ3n) is 3.46. The van der Waals surface area contributed by atoms with E-state index >= 15 is 0 Å². The number of rotatable bonds is 3. The van der Waals surface area contributed by atoms with E-state index in [1.807, 2.05) is 19.9 Å². The maximum absolute atomic E-state index is 11.9. The second kappa shape index (κ2) is 5.52. The SMILES string of the molecule is Cc1cc(C)n(CC(=O)NC2CCC(O)CC2)n1. The van der Waals surface area contributed by atoms with E-state index in [1.54, 1.807) is 4.68 Å². The van der Waals surface area contributed by atoms with Crippen molar-refractivity contribution in [1.29, 1.82) is 0 Å². The van der Waals surface area contributed by atoms with Crippen molar-refractivity contribution < 1.29 is 9.90 Å². The number of hydrogen-bond donors (Lipinski definition) is 2. The summed E-state index contributed by atoms with van der Waals surface area (Å²) in [6.45, 7) is 4.15. The zero-order chi connectivity index (χ0) is 13.1. The van der Waals surface area contributed by atoms with Gasteiger partial charge in [0.1, 0.15) is 6.54 Å². The minimum atomic E-state index is -0.186. The molecule has 0 saturated heterocycles. The highest BCUT2D eigenvalue weighted by Gasteiger charge is 2.20. The molecule has 100 valence electrons. The van der Waals surface area contributed by atoms with Crippen LogP contribution in [0.25, 0.3) is 0 Å². The molecule has 18 heavy (non-hydrogen) atoms. The van der Waals surface area contributed by atoms with Crippen LogP contribution in [0.4, 0.5) is 0 Å². The first-order chi connectivity index (χ1) is 8.54. The monoisotopic (exact) mass is 251 g/mol. The lowest BCUT2D eigenvalue weighted by Gasteiger charge is -2.26. The highest BCUT2D eigenvalue weighted by Crippen LogP contribution is 2.18. The Morgan fingerprint density at radius 2 is 2.11 bits per heavy atom. The number of aryl methyl sites for hydroxylation is 2. The summed E-state index contributed by atoms with van der Waals surface area (Å²) < 4.78 is 1.72. The van der Waals surface area contributed by atoms with Crippen LogP contribution in [-0.4, -0.2) is 32.9 Å². The van der Waals surface area contributed by atoms with Crippen LogP contribution in [0.2, 0.25) is 0 Å². The largest absolute Gasteiger partial charge is 0.393 e. The van der Waals surface area contributed by atoms with E-state index < -0.39 is 0 Å². The van der Waals surface area contributed by atoms with Crippen molar-refractivity contribution in [3.05, 3.63) is 17.5 Å². The van der Waals surface area contributed by atoms with Gasteiger partial charge < -0.3 is 10.4 Å². The first-order valence-electron chi connectivity index (χ1n) is 6.53. The van der Waals surface area contributed by atoms with Crippen LogP contribution in [0.1, 0.15) is 37.1 Å². The van der Waals surface area contributed by atoms with Crippen LogP contribution in [-0.2, 0) is 11.3 Å². The van der Waals surface area contributed by atoms with Crippen molar-refractivity contribution in [2.24, 2.45) is 0 Å². The number of aliphatic hydroxyl groups excluding tert-OH is 1. The Labute approximate surface area is 107 Å². The number of aliphatic hydroxyl groups is 1. The summed E-state index contributed by atoms with van der Waals surface area (Å²) in [5.74, 6) is 0.00240. The van der Waals surface area contributed by atoms with Gasteiger partial charge in [-0.2, -0.15) is 5.10 Å². The van der Waals surface area contributed by atoms with E-state index in [9.17, 15) is 9.90 Å². The van der Waals surface area contributed by atoms with Gasteiger partial charge in [0.15, 0.2) is 0 Å². The zero-order valence-corrected chi connectivity index (χ0v) is 11.0. The minimum Gasteiger partial charge on any atom is -0.393 e. The van der Waals surface area contributed by atoms with Crippen LogP contribution in [0.15, 0.2) is 6.07 Å². The Balaban J connectivity index is 1.83. The van der Waals surface area contributed by atoms with Gasteiger partial charge in [-0.1, -0.05) is 0 Å². The molecule has 0 aromatic carbocycles. The van der Waals surface area contributed by atoms with Crippen LogP contribution in [0.3, 0.4) is 0 Å². The number of aromatic nitrogens is 2. The molecule has 5 heteroatoms. The van der Waals surface area contributed by atoms with Crippen molar-refractivity contribution in [3.8, 4) is 0 Å². The Kier molecular flexibility index (Phi) is 4.01. The third kappa shape index (κ3) is 3.32. The van der Waals surface area contributed by atoms with Crippen LogP contribution >= 0.6 is 0 Å². The molecule has 1 fully saturated rings. The molecule has 0 atom stereocenters. The topological polar surface area (TPSA) is 67.2 Å². The summed E-state index contributed by atoms with van der Waals surface area (Å²) in [6.07, 6.45) is 3.11. The van der Waals surface area contributed by atoms with E-state index in [4.69, 9.17) is 0 Å². The zero-order valence-electron chi connectivity index (χ0n) is 11.0. The molecular weight excluding hydrogens is 230 g/mol. The second-order valence-corrected chi connectivity index (χ2v) is 5.16. The summed E-state index contributed by atoms with van der Waals surface area (Å²) in [7, 11) is 0. The molecule has 1 heterocycles. The van der Waals surface area contributed by atoms with Crippen LogP contribution < -0.4 is 5.32 Å². The van der Waals surface area contributed by atoms with Gasteiger partial charge in [0.2, 0.25) is 5.91 Å². The average Bonchev–Trinajstić information content (AvgIpc) is 2.61. The smallest absolute Gasteiger partial charge is 0.241 e. The van der Waals surface area contributed by atoms with Gasteiger partial charge in [-0.3, -0.25) is 9.48 Å². The fraction of sp³-hybridized carbons (Fsp3) is 0.692. The third-order valence-corrected chi connectivity index (χ3v) is 3.46. The van der Waals surface area contributed by atoms with Crippen molar-refractivity contribution in [2.45, 2.75) is 58.2 Å². The van der Waals surface area contributed by atoms with Gasteiger partial charge in [0.25, 0.3) is 0 Å². The molecule has 1 amide bonds. The molecule has 2 N–H and O–H groups in total. The number of carbonyl (C=O) groups is 1. The lowest BCUT2D eigenvalue weighted by molar-refractivity contribution is -0.123. The predicted molar refractivity (Wildman–Crippen MR) is 68.1 cm³/mol. The Hall–Kier alpha value is -1.36. The maximum Gasteiger partial charge on any atom is 0.241 e. The summed E-state index contributed by atoms with van der Waals surface area (Å²) in [6, 6.07) is 2.17. The Bertz CT molecular complexity index is 420. The number of nitrogens with zero attached hydrogens (tertiary/aromatic N) is 2. The highest BCUT2D eigenvalue weighted by atomic mass is 16.3. The van der Waals surface area contributed by atoms with Crippen molar-refractivity contribution >= 4 is 5.91 Å². The number of nitrogens with one attached hydrogen (secondary N) is 1. The molecule has 1 aromatic rings. The van der Waals surface area contributed by atoms with E-state index in [2.05, 4.69) is 10.4 Å². The van der Waals surface area contributed by atoms with Crippen molar-refractivity contribution in [1.82, 2.24) is 15.1 Å². The van der Waals surface area contributed by atoms with Crippen LogP contribution in [0, 0.1) is 13.8 Å². The normalized spacial score (nSPS) is 23.9. The molecule has 0 radical (unpaired) electrons. The van der Waals surface area contributed by atoms with Gasteiger partial charge in [0.05, 0.1) is 11.8 Å². The molecule has 5 nitrogen and oxygen atoms in total. The number of amides is 1. The lowest BCUT2D eigenvalue weighted by atomic mass is 9.93. The standard InChI is InChI=1S/C13H21N3O2/c1-9-7-10(2)16(15-9)8-13(18)14-11-3-5-12(17)6-4-11/h7,11-12,17H,3-6,8H2,1-2H3,(H,14,18). The summed E-state index contributed by atoms with van der Waals surface area (Å²) in [5.41, 5.74) is 1.93. The van der Waals surface area contributed by atoms with E-state index in [0.29, 0.717) is 0 Å². The lowest BCUT2D eigenvalue weighted by Crippen LogP contribution is -2.40. The summed E-state index contributed by atoms with van der Waals surface area (Å²) >= 11 is 0. The molecule has 1 saturated carbocycles. The fourth-order valence-corrected chi connectivity index (χ4v) is 2.46. The number of hydrogen-bond acceptors (Lipinski definition) is 3. The molecule has 0 bridgehead atoms. The van der Waals surface area contributed by atoms with E-state index in [-0.39, 0.29) is 24.6 Å². The minimum absolute atomic E-state index is 0.00240. The predicted octanol–water partition coefficient (Wildman–Crippen LogP) is 0.920. The fourth-order valence-electron chi connectivity index (χ4n) is 2.46. The first kappa shape index (κ1) is 13.1. The number of carbonyl (C=O) groups excluding carboxylic acids is 1. The molecule has 0 aliphatic heterocycles. The Morgan fingerprint density at radius 1 is 1.44 bits per heavy atom. The Morgan fingerprint density at radius 3 is 2.67 bits per heavy atom. The maximum atomic E-state index is 11.9. The van der Waals surface area contributed by atoms with E-state index in [0.717, 1.165) is 37.1 Å². The van der Waals surface area contributed by atoms with Gasteiger partial charge in [0, 0.05) is 11.7 Å². The molecule has 0 unspecified atom stereocenters. The van der Waals surface area contributed by atoms with Crippen molar-refractivity contribution in [3.63, 3.8) is 0 Å². The summed E-state index contributed by atoms with van der Waals surface area (Å²) in [5, 5.41) is 16.7. The molecule has 1 aliphatic rings. The van der Waals surface area contributed by atoms with Gasteiger partial charge >= 0.3 is 0 Å². The molecule has 1 aromatic heterocycles. The first-order valence-corrected chi connectivity index (χ1v) is 6.53. The second-order valence-electron chi connectivity index (χ2n) is 5.16. The molecule has 2 rings (SSSR count). The van der Waals surface area contributed by atoms with E-state index in [1.165, 1.54) is 0 Å². The van der Waals surface area contributed by atoms with Crippen molar-refractivity contribution in [2.75, 3.05) is 0 Å².